The lowest BCUT2D eigenvalue weighted by molar-refractivity contribution is -0.120. The van der Waals surface area contributed by atoms with Crippen molar-refractivity contribution in [2.45, 2.75) is 38.8 Å². The molecule has 0 bridgehead atoms. The number of aryl methyl sites for hydroxylation is 1. The second kappa shape index (κ2) is 5.32. The van der Waals surface area contributed by atoms with Crippen LogP contribution < -0.4 is 10.6 Å². The second-order valence-electron chi connectivity index (χ2n) is 4.80. The molecule has 1 amide bonds. The summed E-state index contributed by atoms with van der Waals surface area (Å²) in [4.78, 5) is 11.5. The fraction of sp³-hybridized carbons (Fsp3) is 0.500. The highest BCUT2D eigenvalue weighted by atomic mass is 16.2. The molecule has 1 atom stereocenters. The van der Waals surface area contributed by atoms with E-state index in [4.69, 9.17) is 0 Å². The molecule has 0 unspecified atom stereocenters. The van der Waals surface area contributed by atoms with E-state index in [0.29, 0.717) is 12.6 Å². The van der Waals surface area contributed by atoms with E-state index in [-0.39, 0.29) is 11.9 Å². The van der Waals surface area contributed by atoms with E-state index in [2.05, 4.69) is 36.6 Å². The van der Waals surface area contributed by atoms with Crippen LogP contribution in [0.1, 0.15) is 36.9 Å². The molecule has 1 aromatic rings. The van der Waals surface area contributed by atoms with Gasteiger partial charge >= 0.3 is 0 Å². The van der Waals surface area contributed by atoms with Crippen LogP contribution in [0, 0.1) is 6.92 Å². The second-order valence-corrected chi connectivity index (χ2v) is 4.80. The smallest absolute Gasteiger partial charge is 0.234 e. The van der Waals surface area contributed by atoms with Crippen LogP contribution in [0.25, 0.3) is 0 Å². The van der Waals surface area contributed by atoms with Crippen molar-refractivity contribution in [2.24, 2.45) is 0 Å². The molecule has 0 aromatic heterocycles. The monoisotopic (exact) mass is 232 g/mol. The zero-order chi connectivity index (χ0) is 12.3. The molecule has 1 aliphatic rings. The molecule has 92 valence electrons. The predicted octanol–water partition coefficient (Wildman–Crippen LogP) is 1.92. The van der Waals surface area contributed by atoms with E-state index in [1.54, 1.807) is 0 Å². The SMILES string of the molecule is Cc1ccccc1[C@H](C)NCC(=O)NC1CC1. The molecule has 2 rings (SSSR count). The van der Waals surface area contributed by atoms with Crippen LogP contribution in [0.4, 0.5) is 0 Å². The maximum Gasteiger partial charge on any atom is 0.234 e. The first-order valence-electron chi connectivity index (χ1n) is 6.25. The highest BCUT2D eigenvalue weighted by Gasteiger charge is 2.23. The Morgan fingerprint density at radius 3 is 2.76 bits per heavy atom. The van der Waals surface area contributed by atoms with Gasteiger partial charge in [0.2, 0.25) is 5.91 Å². The molecule has 1 fully saturated rings. The molecular formula is C14H20N2O. The Labute approximate surface area is 103 Å². The Morgan fingerprint density at radius 1 is 1.41 bits per heavy atom. The lowest BCUT2D eigenvalue weighted by Gasteiger charge is -2.16. The fourth-order valence-corrected chi connectivity index (χ4v) is 1.93. The maximum absolute atomic E-state index is 11.5. The lowest BCUT2D eigenvalue weighted by atomic mass is 10.0. The third kappa shape index (κ3) is 3.56. The summed E-state index contributed by atoms with van der Waals surface area (Å²) >= 11 is 0. The van der Waals surface area contributed by atoms with Crippen LogP contribution in [-0.4, -0.2) is 18.5 Å². The molecule has 0 heterocycles. The standard InChI is InChI=1S/C14H20N2O/c1-10-5-3-4-6-13(10)11(2)15-9-14(17)16-12-7-8-12/h3-6,11-12,15H,7-9H2,1-2H3,(H,16,17)/t11-/m0/s1. The van der Waals surface area contributed by atoms with Crippen molar-refractivity contribution in [1.29, 1.82) is 0 Å². The first kappa shape index (κ1) is 12.1. The minimum Gasteiger partial charge on any atom is -0.352 e. The quantitative estimate of drug-likeness (QED) is 0.814. The molecule has 0 saturated heterocycles. The zero-order valence-corrected chi connectivity index (χ0v) is 10.5. The first-order chi connectivity index (χ1) is 8.16. The molecule has 0 radical (unpaired) electrons. The summed E-state index contributed by atoms with van der Waals surface area (Å²) in [6, 6.07) is 8.92. The van der Waals surface area contributed by atoms with E-state index in [9.17, 15) is 4.79 Å². The molecule has 17 heavy (non-hydrogen) atoms. The van der Waals surface area contributed by atoms with E-state index >= 15 is 0 Å². The van der Waals surface area contributed by atoms with Gasteiger partial charge < -0.3 is 10.6 Å². The van der Waals surface area contributed by atoms with Gasteiger partial charge in [0, 0.05) is 12.1 Å². The van der Waals surface area contributed by atoms with Gasteiger partial charge in [-0.25, -0.2) is 0 Å². The number of rotatable bonds is 5. The number of nitrogens with one attached hydrogen (secondary N) is 2. The van der Waals surface area contributed by atoms with Gasteiger partial charge in [-0.2, -0.15) is 0 Å². The highest BCUT2D eigenvalue weighted by molar-refractivity contribution is 5.78. The molecule has 0 spiro atoms. The zero-order valence-electron chi connectivity index (χ0n) is 10.5. The van der Waals surface area contributed by atoms with Gasteiger partial charge in [-0.3, -0.25) is 4.79 Å². The summed E-state index contributed by atoms with van der Waals surface area (Å²) in [6.07, 6.45) is 2.28. The third-order valence-corrected chi connectivity index (χ3v) is 3.17. The molecular weight excluding hydrogens is 212 g/mol. The van der Waals surface area contributed by atoms with E-state index in [1.165, 1.54) is 11.1 Å². The fourth-order valence-electron chi connectivity index (χ4n) is 1.93. The molecule has 3 heteroatoms. The first-order valence-corrected chi connectivity index (χ1v) is 6.25. The van der Waals surface area contributed by atoms with Crippen molar-refractivity contribution < 1.29 is 4.79 Å². The number of amides is 1. The molecule has 2 N–H and O–H groups in total. The molecule has 1 aromatic carbocycles. The maximum atomic E-state index is 11.5. The highest BCUT2D eigenvalue weighted by Crippen LogP contribution is 2.18. The summed E-state index contributed by atoms with van der Waals surface area (Å²) < 4.78 is 0. The van der Waals surface area contributed by atoms with Gasteiger partial charge in [0.25, 0.3) is 0 Å². The Bertz CT molecular complexity index is 399. The van der Waals surface area contributed by atoms with Crippen molar-refractivity contribution >= 4 is 5.91 Å². The molecule has 1 saturated carbocycles. The van der Waals surface area contributed by atoms with Gasteiger partial charge in [-0.15, -0.1) is 0 Å². The predicted molar refractivity (Wildman–Crippen MR) is 68.8 cm³/mol. The summed E-state index contributed by atoms with van der Waals surface area (Å²) in [7, 11) is 0. The summed E-state index contributed by atoms with van der Waals surface area (Å²) in [5, 5.41) is 6.23. The van der Waals surface area contributed by atoms with Gasteiger partial charge in [0.05, 0.1) is 6.54 Å². The molecule has 1 aliphatic carbocycles. The lowest BCUT2D eigenvalue weighted by Crippen LogP contribution is -2.36. The van der Waals surface area contributed by atoms with Crippen molar-refractivity contribution in [1.82, 2.24) is 10.6 Å². The van der Waals surface area contributed by atoms with Crippen molar-refractivity contribution in [2.75, 3.05) is 6.54 Å². The van der Waals surface area contributed by atoms with Gasteiger partial charge in [-0.1, -0.05) is 24.3 Å². The molecule has 3 nitrogen and oxygen atoms in total. The Morgan fingerprint density at radius 2 is 2.12 bits per heavy atom. The molecule has 0 aliphatic heterocycles. The van der Waals surface area contributed by atoms with Crippen LogP contribution in [0.5, 0.6) is 0 Å². The Balaban J connectivity index is 1.82. The minimum absolute atomic E-state index is 0.105. The van der Waals surface area contributed by atoms with Crippen molar-refractivity contribution in [3.8, 4) is 0 Å². The van der Waals surface area contributed by atoms with Gasteiger partial charge in [-0.05, 0) is 37.8 Å². The van der Waals surface area contributed by atoms with Gasteiger partial charge in [0.1, 0.15) is 0 Å². The van der Waals surface area contributed by atoms with E-state index < -0.39 is 0 Å². The van der Waals surface area contributed by atoms with Gasteiger partial charge in [0.15, 0.2) is 0 Å². The van der Waals surface area contributed by atoms with Crippen molar-refractivity contribution in [3.05, 3.63) is 35.4 Å². The summed E-state index contributed by atoms with van der Waals surface area (Å²) in [6.45, 7) is 4.58. The minimum atomic E-state index is 0.105. The topological polar surface area (TPSA) is 41.1 Å². The number of benzene rings is 1. The van der Waals surface area contributed by atoms with Crippen LogP contribution in [0.3, 0.4) is 0 Å². The van der Waals surface area contributed by atoms with Crippen LogP contribution >= 0.6 is 0 Å². The van der Waals surface area contributed by atoms with Crippen LogP contribution in [-0.2, 0) is 4.79 Å². The number of hydrogen-bond donors (Lipinski definition) is 2. The third-order valence-electron chi connectivity index (χ3n) is 3.17. The normalized spacial score (nSPS) is 16.6. The van der Waals surface area contributed by atoms with E-state index in [0.717, 1.165) is 12.8 Å². The Kier molecular flexibility index (Phi) is 3.79. The van der Waals surface area contributed by atoms with E-state index in [1.807, 2.05) is 12.1 Å². The number of hydrogen-bond acceptors (Lipinski definition) is 2. The van der Waals surface area contributed by atoms with Crippen LogP contribution in [0.15, 0.2) is 24.3 Å². The largest absolute Gasteiger partial charge is 0.352 e. The number of carbonyl (C=O) groups is 1. The summed E-state index contributed by atoms with van der Waals surface area (Å²) in [5.41, 5.74) is 2.52. The average molecular weight is 232 g/mol. The summed E-state index contributed by atoms with van der Waals surface area (Å²) in [5.74, 6) is 0.105. The van der Waals surface area contributed by atoms with Crippen molar-refractivity contribution in [3.63, 3.8) is 0 Å². The number of carbonyl (C=O) groups excluding carboxylic acids is 1. The Hall–Kier alpha value is -1.35. The van der Waals surface area contributed by atoms with Crippen LogP contribution in [0.2, 0.25) is 0 Å². The average Bonchev–Trinajstić information content (AvgIpc) is 3.10.